The topological polar surface area (TPSA) is 95.2 Å². The summed E-state index contributed by atoms with van der Waals surface area (Å²) in [6, 6.07) is 3.24. The Hall–Kier alpha value is -1.42. The van der Waals surface area contributed by atoms with E-state index in [1.807, 2.05) is 0 Å². The number of likely N-dealkylation sites (N-methyl/N-ethyl adjacent to an activating group) is 1. The summed E-state index contributed by atoms with van der Waals surface area (Å²) in [7, 11) is -1.98. The van der Waals surface area contributed by atoms with Crippen molar-refractivity contribution in [3.8, 4) is 0 Å². The molecule has 2 N–H and O–H groups in total. The number of H-pyrrole nitrogens is 1. The summed E-state index contributed by atoms with van der Waals surface area (Å²) in [6.07, 6.45) is 1.37. The Kier molecular flexibility index (Phi) is 4.99. The lowest BCUT2D eigenvalue weighted by Crippen LogP contribution is -2.31. The first-order valence-electron chi connectivity index (χ1n) is 5.90. The number of nitrogens with zero attached hydrogens (tertiary/aromatic N) is 2. The molecule has 2 aromatic heterocycles. The molecular weight excluding hydrogens is 336 g/mol. The number of nitrogens with one attached hydrogen (secondary N) is 2. The summed E-state index contributed by atoms with van der Waals surface area (Å²) in [5.74, 6) is 0. The lowest BCUT2D eigenvalue weighted by molar-refractivity contribution is 0.482. The zero-order valence-electron chi connectivity index (χ0n) is 11.0. The summed E-state index contributed by atoms with van der Waals surface area (Å²) < 4.78 is 25.9. The van der Waals surface area contributed by atoms with Gasteiger partial charge in [-0.1, -0.05) is 17.7 Å². The number of hydrogen-bond donors (Lipinski definition) is 2. The quantitative estimate of drug-likeness (QED) is 0.818. The minimum absolute atomic E-state index is 0.00577. The van der Waals surface area contributed by atoms with Crippen LogP contribution in [-0.2, 0) is 10.0 Å². The Morgan fingerprint density at radius 2 is 2.29 bits per heavy atom. The van der Waals surface area contributed by atoms with Gasteiger partial charge in [-0.2, -0.15) is 9.40 Å². The highest BCUT2D eigenvalue weighted by Gasteiger charge is 2.21. The SMILES string of the molecule is CN(CCNc1cn[nH]c(=O)c1Cl)S(=O)(=O)c1cccs1. The highest BCUT2D eigenvalue weighted by Crippen LogP contribution is 2.19. The fourth-order valence-corrected chi connectivity index (χ4v) is 4.07. The Morgan fingerprint density at radius 1 is 1.52 bits per heavy atom. The molecule has 2 heterocycles. The average Bonchev–Trinajstić information content (AvgIpc) is 2.98. The van der Waals surface area contributed by atoms with Gasteiger partial charge < -0.3 is 5.32 Å². The van der Waals surface area contributed by atoms with E-state index in [-0.39, 0.29) is 11.6 Å². The van der Waals surface area contributed by atoms with E-state index in [4.69, 9.17) is 11.6 Å². The van der Waals surface area contributed by atoms with Crippen molar-refractivity contribution in [3.63, 3.8) is 0 Å². The van der Waals surface area contributed by atoms with Crippen molar-refractivity contribution < 1.29 is 8.42 Å². The van der Waals surface area contributed by atoms with Gasteiger partial charge in [0.15, 0.2) is 0 Å². The molecule has 114 valence electrons. The summed E-state index contributed by atoms with van der Waals surface area (Å²) in [4.78, 5) is 11.3. The van der Waals surface area contributed by atoms with Gasteiger partial charge in [-0.3, -0.25) is 4.79 Å². The van der Waals surface area contributed by atoms with Crippen molar-refractivity contribution >= 4 is 38.6 Å². The number of thiophene rings is 1. The van der Waals surface area contributed by atoms with Crippen LogP contribution in [0.15, 0.2) is 32.7 Å². The zero-order chi connectivity index (χ0) is 15.5. The lowest BCUT2D eigenvalue weighted by atomic mass is 10.4. The van der Waals surface area contributed by atoms with E-state index in [9.17, 15) is 13.2 Å². The molecule has 0 aliphatic carbocycles. The first-order valence-corrected chi connectivity index (χ1v) is 8.59. The normalized spacial score (nSPS) is 11.8. The first kappa shape index (κ1) is 16.0. The van der Waals surface area contributed by atoms with Gasteiger partial charge in [-0.05, 0) is 11.4 Å². The maximum atomic E-state index is 12.2. The minimum Gasteiger partial charge on any atom is -0.381 e. The maximum absolute atomic E-state index is 12.2. The van der Waals surface area contributed by atoms with Crippen LogP contribution in [0, 0.1) is 0 Å². The van der Waals surface area contributed by atoms with Gasteiger partial charge in [-0.25, -0.2) is 13.5 Å². The number of aromatic nitrogens is 2. The lowest BCUT2D eigenvalue weighted by Gasteiger charge is -2.16. The minimum atomic E-state index is -3.47. The molecule has 7 nitrogen and oxygen atoms in total. The molecule has 0 bridgehead atoms. The monoisotopic (exact) mass is 348 g/mol. The predicted molar refractivity (Wildman–Crippen MR) is 82.5 cm³/mol. The van der Waals surface area contributed by atoms with Gasteiger partial charge >= 0.3 is 0 Å². The van der Waals surface area contributed by atoms with Crippen molar-refractivity contribution in [2.75, 3.05) is 25.5 Å². The van der Waals surface area contributed by atoms with Gasteiger partial charge in [-0.15, -0.1) is 11.3 Å². The molecule has 0 atom stereocenters. The molecule has 0 aliphatic rings. The van der Waals surface area contributed by atoms with Crippen LogP contribution in [0.2, 0.25) is 5.02 Å². The smallest absolute Gasteiger partial charge is 0.285 e. The number of halogens is 1. The largest absolute Gasteiger partial charge is 0.381 e. The summed E-state index contributed by atoms with van der Waals surface area (Å²) in [5.41, 5.74) is -0.136. The number of sulfonamides is 1. The van der Waals surface area contributed by atoms with E-state index in [1.165, 1.54) is 28.9 Å². The van der Waals surface area contributed by atoms with Crippen LogP contribution in [0.1, 0.15) is 0 Å². The van der Waals surface area contributed by atoms with Gasteiger partial charge in [0.1, 0.15) is 9.23 Å². The second-order valence-corrected chi connectivity index (χ2v) is 7.71. The van der Waals surface area contributed by atoms with Crippen molar-refractivity contribution in [1.82, 2.24) is 14.5 Å². The van der Waals surface area contributed by atoms with E-state index >= 15 is 0 Å². The third-order valence-corrected chi connectivity index (χ3v) is 6.30. The van der Waals surface area contributed by atoms with Gasteiger partial charge in [0, 0.05) is 20.1 Å². The molecule has 2 aromatic rings. The summed E-state index contributed by atoms with van der Waals surface area (Å²) in [6.45, 7) is 0.523. The molecular formula is C11H13ClN4O3S2. The van der Waals surface area contributed by atoms with Gasteiger partial charge in [0.05, 0.1) is 11.9 Å². The third-order valence-electron chi connectivity index (χ3n) is 2.70. The molecule has 0 spiro atoms. The van der Waals surface area contributed by atoms with Crippen LogP contribution in [0.4, 0.5) is 5.69 Å². The van der Waals surface area contributed by atoms with Gasteiger partial charge in [0.2, 0.25) is 0 Å². The maximum Gasteiger partial charge on any atom is 0.285 e. The van der Waals surface area contributed by atoms with Crippen molar-refractivity contribution in [1.29, 1.82) is 0 Å². The zero-order valence-corrected chi connectivity index (χ0v) is 13.4. The van der Waals surface area contributed by atoms with Crippen LogP contribution in [-0.4, -0.2) is 43.1 Å². The molecule has 0 saturated heterocycles. The highest BCUT2D eigenvalue weighted by atomic mass is 35.5. The molecule has 0 radical (unpaired) electrons. The Morgan fingerprint density at radius 3 is 2.95 bits per heavy atom. The number of hydrogen-bond acceptors (Lipinski definition) is 6. The van der Waals surface area contributed by atoms with E-state index in [1.54, 1.807) is 17.5 Å². The molecule has 0 amide bonds. The Bertz CT molecular complexity index is 758. The number of anilines is 1. The first-order chi connectivity index (χ1) is 9.93. The van der Waals surface area contributed by atoms with E-state index < -0.39 is 15.6 Å². The number of aromatic amines is 1. The van der Waals surface area contributed by atoms with Crippen LogP contribution < -0.4 is 10.9 Å². The Balaban J connectivity index is 1.98. The van der Waals surface area contributed by atoms with E-state index in [0.717, 1.165) is 0 Å². The Labute approximate surface area is 130 Å². The summed E-state index contributed by atoms with van der Waals surface area (Å²) >= 11 is 6.97. The average molecular weight is 349 g/mol. The molecule has 0 saturated carbocycles. The second kappa shape index (κ2) is 6.56. The predicted octanol–water partition coefficient (Wildman–Crippen LogP) is 1.22. The van der Waals surface area contributed by atoms with Crippen molar-refractivity contribution in [2.24, 2.45) is 0 Å². The van der Waals surface area contributed by atoms with E-state index in [2.05, 4.69) is 15.5 Å². The molecule has 2 rings (SSSR count). The van der Waals surface area contributed by atoms with Crippen LogP contribution in [0.3, 0.4) is 0 Å². The summed E-state index contributed by atoms with van der Waals surface area (Å²) in [5, 5.41) is 10.4. The second-order valence-electron chi connectivity index (χ2n) is 4.11. The molecule has 21 heavy (non-hydrogen) atoms. The van der Waals surface area contributed by atoms with Crippen LogP contribution in [0.25, 0.3) is 0 Å². The number of rotatable bonds is 6. The highest BCUT2D eigenvalue weighted by molar-refractivity contribution is 7.91. The van der Waals surface area contributed by atoms with Crippen molar-refractivity contribution in [2.45, 2.75) is 4.21 Å². The fraction of sp³-hybridized carbons (Fsp3) is 0.273. The molecule has 10 heteroatoms. The van der Waals surface area contributed by atoms with Crippen LogP contribution in [0.5, 0.6) is 0 Å². The molecule has 0 fully saturated rings. The van der Waals surface area contributed by atoms with Gasteiger partial charge in [0.25, 0.3) is 15.6 Å². The van der Waals surface area contributed by atoms with Crippen LogP contribution >= 0.6 is 22.9 Å². The van der Waals surface area contributed by atoms with E-state index in [0.29, 0.717) is 16.4 Å². The third kappa shape index (κ3) is 3.62. The molecule has 0 aromatic carbocycles. The molecule has 0 unspecified atom stereocenters. The van der Waals surface area contributed by atoms with Crippen molar-refractivity contribution in [3.05, 3.63) is 39.1 Å². The standard InChI is InChI=1S/C11H13ClN4O3S2/c1-16(21(18,19)9-3-2-6-20-9)5-4-13-8-7-14-15-11(17)10(8)12/h2-3,6-7H,4-5H2,1H3,(H2,13,15,17). The molecule has 0 aliphatic heterocycles. The fourth-order valence-electron chi connectivity index (χ4n) is 1.54.